The van der Waals surface area contributed by atoms with Crippen molar-refractivity contribution >= 4 is 74.3 Å². The van der Waals surface area contributed by atoms with Crippen molar-refractivity contribution in [3.63, 3.8) is 0 Å². The molecule has 2 aliphatic heterocycles. The van der Waals surface area contributed by atoms with E-state index < -0.39 is 0 Å². The Morgan fingerprint density at radius 3 is 1.39 bits per heavy atom. The highest BCUT2D eigenvalue weighted by Gasteiger charge is 2.46. The smallest absolute Gasteiger partial charge is 0.252 e. The van der Waals surface area contributed by atoms with Crippen molar-refractivity contribution in [1.29, 1.82) is 0 Å². The summed E-state index contributed by atoms with van der Waals surface area (Å²) >= 11 is 0. The van der Waals surface area contributed by atoms with Crippen LogP contribution in [0.4, 0.5) is 51.2 Å². The van der Waals surface area contributed by atoms with Gasteiger partial charge in [-0.05, 0) is 223 Å². The average Bonchev–Trinajstić information content (AvgIpc) is 2.63. The zero-order valence-electron chi connectivity index (χ0n) is 51.5. The van der Waals surface area contributed by atoms with Gasteiger partial charge in [-0.15, -0.1) is 0 Å². The maximum atomic E-state index is 2.66. The van der Waals surface area contributed by atoms with Gasteiger partial charge in [0.1, 0.15) is 0 Å². The fraction of sp³-hybridized carbons (Fsp3) is 0.241. The second-order valence-electron chi connectivity index (χ2n) is 27.7. The minimum absolute atomic E-state index is 0.0212. The van der Waals surface area contributed by atoms with Crippen LogP contribution in [0.1, 0.15) is 126 Å². The first-order valence-corrected chi connectivity index (χ1v) is 30.0. The van der Waals surface area contributed by atoms with Crippen molar-refractivity contribution in [2.24, 2.45) is 0 Å². The summed E-state index contributed by atoms with van der Waals surface area (Å²) in [5, 5.41) is 0. The first-order valence-electron chi connectivity index (χ1n) is 30.0. The second kappa shape index (κ2) is 19.4. The number of benzene rings is 10. The third-order valence-electron chi connectivity index (χ3n) is 18.5. The predicted molar refractivity (Wildman–Crippen MR) is 359 cm³/mol. The van der Waals surface area contributed by atoms with Gasteiger partial charge < -0.3 is 14.7 Å². The van der Waals surface area contributed by atoms with Crippen LogP contribution in [-0.4, -0.2) is 6.71 Å². The normalized spacial score (nSPS) is 14.0. The number of anilines is 9. The minimum atomic E-state index is -0.198. The Labute approximate surface area is 495 Å². The molecule has 0 saturated heterocycles. The molecule has 4 heteroatoms. The van der Waals surface area contributed by atoms with Crippen LogP contribution in [0.5, 0.6) is 0 Å². The molecule has 10 aromatic rings. The lowest BCUT2D eigenvalue weighted by Crippen LogP contribution is -2.61. The third kappa shape index (κ3) is 8.94. The summed E-state index contributed by atoms with van der Waals surface area (Å²) in [5.41, 5.74) is 33.5. The van der Waals surface area contributed by atoms with E-state index >= 15 is 0 Å². The molecule has 10 aromatic carbocycles. The molecule has 0 N–H and O–H groups in total. The highest BCUT2D eigenvalue weighted by atomic mass is 15.2. The van der Waals surface area contributed by atoms with Crippen LogP contribution in [0.15, 0.2) is 200 Å². The number of hydrogen-bond acceptors (Lipinski definition) is 3. The van der Waals surface area contributed by atoms with Crippen molar-refractivity contribution in [2.45, 2.75) is 126 Å². The summed E-state index contributed by atoms with van der Waals surface area (Å²) in [5.74, 6) is 0. The van der Waals surface area contributed by atoms with E-state index in [4.69, 9.17) is 0 Å². The second-order valence-corrected chi connectivity index (χ2v) is 27.7. The van der Waals surface area contributed by atoms with Crippen LogP contribution in [0, 0.1) is 27.7 Å². The van der Waals surface area contributed by atoms with Crippen LogP contribution in [0.2, 0.25) is 0 Å². The highest BCUT2D eigenvalue weighted by molar-refractivity contribution is 7.00. The quantitative estimate of drug-likeness (QED) is 0.147. The van der Waals surface area contributed by atoms with Gasteiger partial charge in [0.15, 0.2) is 0 Å². The van der Waals surface area contributed by atoms with E-state index in [-0.39, 0.29) is 28.4 Å². The molecule has 0 unspecified atom stereocenters. The average molecular weight is 1080 g/mol. The van der Waals surface area contributed by atoms with E-state index in [1.165, 1.54) is 128 Å². The molecule has 0 atom stereocenters. The van der Waals surface area contributed by atoms with Crippen LogP contribution >= 0.6 is 0 Å². The summed E-state index contributed by atoms with van der Waals surface area (Å²) in [6.07, 6.45) is 0. The van der Waals surface area contributed by atoms with E-state index in [1.54, 1.807) is 0 Å². The van der Waals surface area contributed by atoms with Gasteiger partial charge in [-0.3, -0.25) is 0 Å². The zero-order valence-corrected chi connectivity index (χ0v) is 51.5. The van der Waals surface area contributed by atoms with Crippen molar-refractivity contribution in [1.82, 2.24) is 0 Å². The van der Waals surface area contributed by atoms with Gasteiger partial charge in [-0.25, -0.2) is 0 Å². The van der Waals surface area contributed by atoms with Gasteiger partial charge >= 0.3 is 0 Å². The maximum absolute atomic E-state index is 2.66. The molecule has 13 rings (SSSR count). The topological polar surface area (TPSA) is 9.72 Å². The Hall–Kier alpha value is -8.34. The number of rotatable bonds is 7. The summed E-state index contributed by atoms with van der Waals surface area (Å²) in [6, 6.07) is 77.1. The first-order chi connectivity index (χ1) is 39.5. The van der Waals surface area contributed by atoms with Gasteiger partial charge in [-0.1, -0.05) is 197 Å². The molecule has 2 heterocycles. The van der Waals surface area contributed by atoms with Gasteiger partial charge in [-0.2, -0.15) is 0 Å². The molecule has 0 bridgehead atoms. The van der Waals surface area contributed by atoms with Gasteiger partial charge in [0.2, 0.25) is 0 Å². The van der Waals surface area contributed by atoms with E-state index in [0.29, 0.717) is 0 Å². The number of nitrogens with zero attached hydrogens (tertiary/aromatic N) is 3. The van der Waals surface area contributed by atoms with Gasteiger partial charge in [0, 0.05) is 56.6 Å². The van der Waals surface area contributed by atoms with Gasteiger partial charge in [0.25, 0.3) is 6.71 Å². The lowest BCUT2D eigenvalue weighted by Gasteiger charge is -2.46. The standard InChI is InChI=1S/C79H78BN3/c1-49-40-61(41-50(2)73(49)53-24-18-16-19-25-53)81(62-42-51(3)74(52(4)43-62)54-26-20-17-21-27-54)60-36-38-67-70(48-60)83(59-35-37-64-63-28-22-23-29-65(63)79(14,15)66(64)47-59)72-46-57(78(11,12)13)45-71-75(72)80(67)68-44-56(77(8,9)10)32-39-69(68)82(71)58-33-30-55(31-34-58)76(5,6)7/h16-48H,1-15H3. The molecule has 0 amide bonds. The minimum Gasteiger partial charge on any atom is -0.311 e. The monoisotopic (exact) mass is 1080 g/mol. The van der Waals surface area contributed by atoms with E-state index in [9.17, 15) is 0 Å². The Balaban J connectivity index is 1.12. The summed E-state index contributed by atoms with van der Waals surface area (Å²) in [6.45, 7) is 35.0. The molecule has 412 valence electrons. The van der Waals surface area contributed by atoms with Crippen LogP contribution in [-0.2, 0) is 21.7 Å². The number of aryl methyl sites for hydroxylation is 4. The van der Waals surface area contributed by atoms with Crippen LogP contribution < -0.4 is 31.1 Å². The summed E-state index contributed by atoms with van der Waals surface area (Å²) in [4.78, 5) is 7.78. The lowest BCUT2D eigenvalue weighted by atomic mass is 9.33. The molecule has 0 radical (unpaired) electrons. The Bertz CT molecular complexity index is 4080. The molecular formula is C79H78BN3. The molecule has 0 aromatic heterocycles. The van der Waals surface area contributed by atoms with Crippen molar-refractivity contribution in [3.8, 4) is 33.4 Å². The fourth-order valence-electron chi connectivity index (χ4n) is 14.2. The van der Waals surface area contributed by atoms with E-state index in [0.717, 1.165) is 22.7 Å². The molecule has 3 nitrogen and oxygen atoms in total. The zero-order chi connectivity index (χ0) is 58.2. The van der Waals surface area contributed by atoms with Crippen molar-refractivity contribution in [2.75, 3.05) is 14.7 Å². The van der Waals surface area contributed by atoms with Crippen molar-refractivity contribution < 1.29 is 0 Å². The Morgan fingerprint density at radius 2 is 0.843 bits per heavy atom. The fourth-order valence-corrected chi connectivity index (χ4v) is 14.2. The Kier molecular flexibility index (Phi) is 12.6. The predicted octanol–water partition coefficient (Wildman–Crippen LogP) is 20.0. The van der Waals surface area contributed by atoms with Crippen LogP contribution in [0.25, 0.3) is 33.4 Å². The van der Waals surface area contributed by atoms with Crippen LogP contribution in [0.3, 0.4) is 0 Å². The molecule has 1 aliphatic carbocycles. The molecule has 0 saturated carbocycles. The van der Waals surface area contributed by atoms with Crippen molar-refractivity contribution in [3.05, 3.63) is 250 Å². The highest BCUT2D eigenvalue weighted by Crippen LogP contribution is 2.53. The lowest BCUT2D eigenvalue weighted by molar-refractivity contribution is 0.589. The molecular weight excluding hydrogens is 1000 g/mol. The van der Waals surface area contributed by atoms with Gasteiger partial charge in [0.05, 0.1) is 0 Å². The molecule has 0 spiro atoms. The maximum Gasteiger partial charge on any atom is 0.252 e. The molecule has 3 aliphatic rings. The summed E-state index contributed by atoms with van der Waals surface area (Å²) in [7, 11) is 0. The summed E-state index contributed by atoms with van der Waals surface area (Å²) < 4.78 is 0. The third-order valence-corrected chi connectivity index (χ3v) is 18.5. The Morgan fingerprint density at radius 1 is 0.361 bits per heavy atom. The largest absolute Gasteiger partial charge is 0.311 e. The van der Waals surface area contributed by atoms with E-state index in [1.807, 2.05) is 0 Å². The SMILES string of the molecule is Cc1cc(N(c2cc(C)c(-c3ccccc3)c(C)c2)c2ccc3c(c2)N(c2ccc4c(c2)C(C)(C)c2ccccc2-4)c2cc(C(C)(C)C)cc4c2B3c2cc(C(C)(C)C)ccc2N4c2ccc(C(C)(C)C)cc2)cc(C)c1-c1ccccc1. The molecule has 0 fully saturated rings. The molecule has 83 heavy (non-hydrogen) atoms. The van der Waals surface area contributed by atoms with E-state index in [2.05, 4.69) is 319 Å². The number of fused-ring (bicyclic) bond motifs is 7. The first kappa shape index (κ1) is 53.9. The number of hydrogen-bond donors (Lipinski definition) is 0.